The Balaban J connectivity index is 1.32. The van der Waals surface area contributed by atoms with Crippen LogP contribution in [0.15, 0.2) is 42.5 Å². The highest BCUT2D eigenvalue weighted by atomic mass is 16.2. The number of piperazine rings is 1. The van der Waals surface area contributed by atoms with Crippen molar-refractivity contribution in [1.29, 1.82) is 0 Å². The van der Waals surface area contributed by atoms with Crippen LogP contribution in [0.3, 0.4) is 0 Å². The van der Waals surface area contributed by atoms with E-state index in [1.807, 2.05) is 44.2 Å². The van der Waals surface area contributed by atoms with Crippen LogP contribution in [-0.4, -0.2) is 65.4 Å². The zero-order chi connectivity index (χ0) is 23.5. The summed E-state index contributed by atoms with van der Waals surface area (Å²) in [6, 6.07) is 15.5. The normalized spacial score (nSPS) is 21.5. The molecule has 2 aliphatic rings. The summed E-state index contributed by atoms with van der Waals surface area (Å²) in [5.74, 6) is 0.195. The van der Waals surface area contributed by atoms with Gasteiger partial charge in [-0.2, -0.15) is 0 Å². The van der Waals surface area contributed by atoms with Gasteiger partial charge in [-0.15, -0.1) is 0 Å². The van der Waals surface area contributed by atoms with Crippen molar-refractivity contribution < 1.29 is 4.79 Å². The van der Waals surface area contributed by atoms with Crippen molar-refractivity contribution in [3.63, 3.8) is 0 Å². The van der Waals surface area contributed by atoms with Gasteiger partial charge in [0.2, 0.25) is 0 Å². The zero-order valence-corrected chi connectivity index (χ0v) is 20.4. The molecule has 0 saturated carbocycles. The quantitative estimate of drug-likeness (QED) is 0.606. The molecule has 4 rings (SSSR count). The Kier molecular flexibility index (Phi) is 7.17. The number of likely N-dealkylation sites (tertiary alicyclic amines) is 1. The number of rotatable bonds is 4. The van der Waals surface area contributed by atoms with Gasteiger partial charge in [-0.05, 0) is 57.2 Å². The Morgan fingerprint density at radius 3 is 2.21 bits per heavy atom. The number of aryl methyl sites for hydroxylation is 2. The summed E-state index contributed by atoms with van der Waals surface area (Å²) >= 11 is 0. The lowest BCUT2D eigenvalue weighted by atomic mass is 9.97. The van der Waals surface area contributed by atoms with Gasteiger partial charge in [0, 0.05) is 56.4 Å². The highest BCUT2D eigenvalue weighted by Crippen LogP contribution is 2.29. The second kappa shape index (κ2) is 10.1. The first-order chi connectivity index (χ1) is 15.9. The minimum Gasteiger partial charge on any atom is -0.339 e. The second-order valence-electron chi connectivity index (χ2n) is 9.75. The fourth-order valence-electron chi connectivity index (χ4n) is 5.67. The second-order valence-corrected chi connectivity index (χ2v) is 9.75. The molecule has 0 bridgehead atoms. The molecule has 1 amide bonds. The first-order valence-corrected chi connectivity index (χ1v) is 12.2. The molecule has 2 saturated heterocycles. The number of nitrogens with zero attached hydrogens (tertiary/aromatic N) is 4. The van der Waals surface area contributed by atoms with E-state index >= 15 is 0 Å². The molecule has 0 aliphatic carbocycles. The molecule has 0 radical (unpaired) electrons. The van der Waals surface area contributed by atoms with Crippen LogP contribution in [0, 0.1) is 20.4 Å². The van der Waals surface area contributed by atoms with E-state index in [1.54, 1.807) is 0 Å². The number of benzene rings is 2. The number of hydrogen-bond donors (Lipinski definition) is 0. The predicted molar refractivity (Wildman–Crippen MR) is 134 cm³/mol. The van der Waals surface area contributed by atoms with Crippen molar-refractivity contribution in [3.8, 4) is 0 Å². The van der Waals surface area contributed by atoms with E-state index in [0.29, 0.717) is 23.8 Å². The van der Waals surface area contributed by atoms with Crippen molar-refractivity contribution >= 4 is 11.6 Å². The van der Waals surface area contributed by atoms with E-state index in [-0.39, 0.29) is 5.91 Å². The predicted octanol–water partition coefficient (Wildman–Crippen LogP) is 5.23. The maximum atomic E-state index is 13.2. The Morgan fingerprint density at radius 1 is 1.00 bits per heavy atom. The molecule has 2 aromatic rings. The third-order valence-electron chi connectivity index (χ3n) is 7.68. The summed E-state index contributed by atoms with van der Waals surface area (Å²) in [6.45, 7) is 20.7. The summed E-state index contributed by atoms with van der Waals surface area (Å²) in [7, 11) is 0. The molecule has 5 nitrogen and oxygen atoms in total. The van der Waals surface area contributed by atoms with Crippen LogP contribution >= 0.6 is 0 Å². The van der Waals surface area contributed by atoms with Crippen molar-refractivity contribution in [2.75, 3.05) is 32.7 Å². The van der Waals surface area contributed by atoms with Crippen molar-refractivity contribution in [2.24, 2.45) is 0 Å². The van der Waals surface area contributed by atoms with Gasteiger partial charge in [0.25, 0.3) is 5.91 Å². The molecule has 2 heterocycles. The van der Waals surface area contributed by atoms with E-state index in [1.165, 1.54) is 5.56 Å². The van der Waals surface area contributed by atoms with E-state index in [2.05, 4.69) is 45.5 Å². The van der Waals surface area contributed by atoms with Gasteiger partial charge in [0.1, 0.15) is 0 Å². The SMILES string of the molecule is [C-]#[N+]c1ccc([C@H](C)N2CCN(C3CCN(C(=O)c4c(C)cccc4C)CC3)C[C@@H]2C)cc1. The maximum absolute atomic E-state index is 13.2. The molecule has 0 aromatic heterocycles. The average Bonchev–Trinajstić information content (AvgIpc) is 2.83. The first kappa shape index (κ1) is 23.5. The lowest BCUT2D eigenvalue weighted by molar-refractivity contribution is 0.0135. The monoisotopic (exact) mass is 444 g/mol. The highest BCUT2D eigenvalue weighted by Gasteiger charge is 2.34. The smallest absolute Gasteiger partial charge is 0.254 e. The Labute approximate surface area is 198 Å². The van der Waals surface area contributed by atoms with Gasteiger partial charge < -0.3 is 4.90 Å². The molecule has 33 heavy (non-hydrogen) atoms. The van der Waals surface area contributed by atoms with Gasteiger partial charge in [-0.1, -0.05) is 42.5 Å². The Morgan fingerprint density at radius 2 is 1.64 bits per heavy atom. The van der Waals surface area contributed by atoms with Crippen LogP contribution in [0.5, 0.6) is 0 Å². The zero-order valence-electron chi connectivity index (χ0n) is 20.4. The summed E-state index contributed by atoms with van der Waals surface area (Å²) < 4.78 is 0. The van der Waals surface area contributed by atoms with Crippen molar-refractivity contribution in [1.82, 2.24) is 14.7 Å². The number of carbonyl (C=O) groups excluding carboxylic acids is 1. The van der Waals surface area contributed by atoms with Gasteiger partial charge >= 0.3 is 0 Å². The average molecular weight is 445 g/mol. The molecule has 174 valence electrons. The Bertz CT molecular complexity index is 997. The van der Waals surface area contributed by atoms with E-state index in [4.69, 9.17) is 6.57 Å². The minimum atomic E-state index is 0.195. The topological polar surface area (TPSA) is 31.1 Å². The van der Waals surface area contributed by atoms with Crippen LogP contribution < -0.4 is 0 Å². The van der Waals surface area contributed by atoms with E-state index in [9.17, 15) is 4.79 Å². The summed E-state index contributed by atoms with van der Waals surface area (Å²) in [6.07, 6.45) is 2.11. The standard InChI is InChI=1S/C28H36N4O/c1-20-7-6-8-21(2)27(20)28(33)30-15-13-26(14-16-30)31-17-18-32(22(3)19-31)23(4)24-9-11-25(29-5)12-10-24/h6-12,22-23,26H,13-19H2,1-4H3/t22-,23-/m0/s1. The third kappa shape index (κ3) is 4.98. The summed E-state index contributed by atoms with van der Waals surface area (Å²) in [5.41, 5.74) is 5.01. The third-order valence-corrected chi connectivity index (χ3v) is 7.68. The molecular formula is C28H36N4O. The largest absolute Gasteiger partial charge is 0.339 e. The highest BCUT2D eigenvalue weighted by molar-refractivity contribution is 5.97. The van der Waals surface area contributed by atoms with E-state index in [0.717, 1.165) is 62.3 Å². The molecule has 2 aromatic carbocycles. The molecule has 2 atom stereocenters. The van der Waals surface area contributed by atoms with Gasteiger partial charge in [0.15, 0.2) is 5.69 Å². The Hall–Kier alpha value is -2.68. The number of amides is 1. The number of piperidine rings is 1. The molecule has 0 N–H and O–H groups in total. The fraction of sp³-hybridized carbons (Fsp3) is 0.500. The molecule has 2 aliphatic heterocycles. The first-order valence-electron chi connectivity index (χ1n) is 12.2. The number of hydrogen-bond acceptors (Lipinski definition) is 3. The minimum absolute atomic E-state index is 0.195. The van der Waals surface area contributed by atoms with E-state index < -0.39 is 0 Å². The molecular weight excluding hydrogens is 408 g/mol. The van der Waals surface area contributed by atoms with Crippen LogP contribution in [0.4, 0.5) is 5.69 Å². The van der Waals surface area contributed by atoms with Crippen LogP contribution in [0.2, 0.25) is 0 Å². The van der Waals surface area contributed by atoms with Crippen molar-refractivity contribution in [2.45, 2.75) is 58.7 Å². The van der Waals surface area contributed by atoms with Gasteiger partial charge in [-0.25, -0.2) is 4.85 Å². The lowest BCUT2D eigenvalue weighted by Crippen LogP contribution is -2.57. The molecule has 0 spiro atoms. The van der Waals surface area contributed by atoms with Crippen molar-refractivity contribution in [3.05, 3.63) is 76.1 Å². The van der Waals surface area contributed by atoms with Crippen LogP contribution in [0.25, 0.3) is 4.85 Å². The molecule has 2 fully saturated rings. The van der Waals surface area contributed by atoms with Crippen LogP contribution in [0.1, 0.15) is 59.8 Å². The lowest BCUT2D eigenvalue weighted by Gasteiger charge is -2.47. The van der Waals surface area contributed by atoms with Gasteiger partial charge in [0.05, 0.1) is 6.57 Å². The fourth-order valence-corrected chi connectivity index (χ4v) is 5.67. The molecule has 0 unspecified atom stereocenters. The molecule has 5 heteroatoms. The number of carbonyl (C=O) groups is 1. The van der Waals surface area contributed by atoms with Gasteiger partial charge in [-0.3, -0.25) is 14.6 Å². The van der Waals surface area contributed by atoms with Crippen LogP contribution in [-0.2, 0) is 0 Å². The summed E-state index contributed by atoms with van der Waals surface area (Å²) in [4.78, 5) is 24.0. The summed E-state index contributed by atoms with van der Waals surface area (Å²) in [5, 5.41) is 0. The maximum Gasteiger partial charge on any atom is 0.254 e.